The molecule has 0 bridgehead atoms. The van der Waals surface area contributed by atoms with Gasteiger partial charge in [-0.2, -0.15) is 15.0 Å². The fourth-order valence-electron chi connectivity index (χ4n) is 2.44. The van der Waals surface area contributed by atoms with E-state index in [9.17, 15) is 0 Å². The molecule has 2 heterocycles. The lowest BCUT2D eigenvalue weighted by Crippen LogP contribution is -2.27. The lowest BCUT2D eigenvalue weighted by Gasteiger charge is -2.21. The molecule has 1 saturated heterocycles. The largest absolute Gasteiger partial charge is 0.347 e. The smallest absolute Gasteiger partial charge is 0.231 e. The Balaban J connectivity index is 2.16. The van der Waals surface area contributed by atoms with Crippen LogP contribution in [0.3, 0.4) is 0 Å². The Morgan fingerprint density at radius 1 is 1.21 bits per heavy atom. The number of aromatic nitrogens is 3. The Kier molecular flexibility index (Phi) is 4.80. The van der Waals surface area contributed by atoms with E-state index in [-0.39, 0.29) is 5.28 Å². The van der Waals surface area contributed by atoms with Crippen LogP contribution in [0.5, 0.6) is 0 Å². The van der Waals surface area contributed by atoms with Crippen LogP contribution in [0.2, 0.25) is 5.28 Å². The summed E-state index contributed by atoms with van der Waals surface area (Å²) in [7, 11) is 3.82. The molecule has 1 atom stereocenters. The van der Waals surface area contributed by atoms with Crippen LogP contribution in [0, 0.1) is 5.92 Å². The molecule has 0 aliphatic carbocycles. The van der Waals surface area contributed by atoms with E-state index in [1.54, 1.807) is 0 Å². The molecule has 1 unspecified atom stereocenters. The summed E-state index contributed by atoms with van der Waals surface area (Å²) in [6.45, 7) is 4.28. The first-order valence-corrected chi connectivity index (χ1v) is 7.31. The molecule has 1 aromatic rings. The van der Waals surface area contributed by atoms with E-state index in [4.69, 9.17) is 11.6 Å². The van der Waals surface area contributed by atoms with Crippen LogP contribution in [0.25, 0.3) is 0 Å². The second-order valence-electron chi connectivity index (χ2n) is 5.29. The van der Waals surface area contributed by atoms with Crippen molar-refractivity contribution >= 4 is 23.5 Å². The minimum Gasteiger partial charge on any atom is -0.347 e. The molecule has 6 heteroatoms. The van der Waals surface area contributed by atoms with Gasteiger partial charge in [-0.25, -0.2) is 0 Å². The van der Waals surface area contributed by atoms with Crippen molar-refractivity contribution in [3.8, 4) is 0 Å². The molecule has 0 radical (unpaired) electrons. The standard InChI is InChI=1S/C13H22ClN5/c1-4-10-6-5-8-19(9-7-10)13-16-11(14)15-12(17-13)18(2)3/h10H,4-9H2,1-3H3. The van der Waals surface area contributed by atoms with Crippen LogP contribution in [0.15, 0.2) is 0 Å². The van der Waals surface area contributed by atoms with Gasteiger partial charge in [-0.1, -0.05) is 13.3 Å². The summed E-state index contributed by atoms with van der Waals surface area (Å²) in [4.78, 5) is 17.0. The normalized spacial score (nSPS) is 20.2. The van der Waals surface area contributed by atoms with Crippen LogP contribution in [-0.4, -0.2) is 42.1 Å². The van der Waals surface area contributed by atoms with Gasteiger partial charge in [0.1, 0.15) is 0 Å². The maximum absolute atomic E-state index is 5.99. The van der Waals surface area contributed by atoms with Crippen LogP contribution >= 0.6 is 11.6 Å². The highest BCUT2D eigenvalue weighted by molar-refractivity contribution is 6.28. The second-order valence-corrected chi connectivity index (χ2v) is 5.63. The summed E-state index contributed by atoms with van der Waals surface area (Å²) in [5.41, 5.74) is 0. The highest BCUT2D eigenvalue weighted by atomic mass is 35.5. The van der Waals surface area contributed by atoms with Crippen LogP contribution in [-0.2, 0) is 0 Å². The van der Waals surface area contributed by atoms with Crippen molar-refractivity contribution in [2.24, 2.45) is 5.92 Å². The predicted molar refractivity (Wildman–Crippen MR) is 79.0 cm³/mol. The first kappa shape index (κ1) is 14.3. The molecule has 5 nitrogen and oxygen atoms in total. The van der Waals surface area contributed by atoms with Gasteiger partial charge in [0.25, 0.3) is 0 Å². The Hall–Kier alpha value is -1.10. The number of anilines is 2. The quantitative estimate of drug-likeness (QED) is 0.853. The highest BCUT2D eigenvalue weighted by Crippen LogP contribution is 2.23. The van der Waals surface area contributed by atoms with Crippen molar-refractivity contribution in [2.75, 3.05) is 37.0 Å². The molecule has 0 aromatic carbocycles. The summed E-state index contributed by atoms with van der Waals surface area (Å²) in [6, 6.07) is 0. The first-order chi connectivity index (χ1) is 9.10. The van der Waals surface area contributed by atoms with Crippen molar-refractivity contribution in [1.82, 2.24) is 15.0 Å². The molecule has 1 aliphatic heterocycles. The summed E-state index contributed by atoms with van der Waals surface area (Å²) in [5.74, 6) is 2.15. The average molecular weight is 284 g/mol. The summed E-state index contributed by atoms with van der Waals surface area (Å²) in [6.07, 6.45) is 4.96. The molecule has 19 heavy (non-hydrogen) atoms. The fraction of sp³-hybridized carbons (Fsp3) is 0.769. The van der Waals surface area contributed by atoms with Gasteiger partial charge in [0.15, 0.2) is 0 Å². The van der Waals surface area contributed by atoms with Crippen molar-refractivity contribution in [3.05, 3.63) is 5.28 Å². The Morgan fingerprint density at radius 2 is 2.00 bits per heavy atom. The molecular formula is C13H22ClN5. The maximum atomic E-state index is 5.99. The third-order valence-electron chi connectivity index (χ3n) is 3.69. The number of rotatable bonds is 3. The SMILES string of the molecule is CCC1CCCN(c2nc(Cl)nc(N(C)C)n2)CC1. The molecule has 2 rings (SSSR count). The molecule has 1 aliphatic rings. The number of halogens is 1. The molecule has 0 N–H and O–H groups in total. The molecule has 0 saturated carbocycles. The topological polar surface area (TPSA) is 45.2 Å². The van der Waals surface area contributed by atoms with E-state index >= 15 is 0 Å². The van der Waals surface area contributed by atoms with Gasteiger partial charge in [-0.3, -0.25) is 0 Å². The van der Waals surface area contributed by atoms with Crippen LogP contribution in [0.1, 0.15) is 32.6 Å². The summed E-state index contributed by atoms with van der Waals surface area (Å²) >= 11 is 5.99. The Morgan fingerprint density at radius 3 is 2.68 bits per heavy atom. The van der Waals surface area contributed by atoms with Crippen LogP contribution in [0.4, 0.5) is 11.9 Å². The lowest BCUT2D eigenvalue weighted by molar-refractivity contribution is 0.459. The minimum absolute atomic E-state index is 0.269. The van der Waals surface area contributed by atoms with Gasteiger partial charge in [-0.05, 0) is 36.8 Å². The molecular weight excluding hydrogens is 262 g/mol. The third-order valence-corrected chi connectivity index (χ3v) is 3.86. The maximum Gasteiger partial charge on any atom is 0.231 e. The minimum atomic E-state index is 0.269. The van der Waals surface area contributed by atoms with Gasteiger partial charge in [0.05, 0.1) is 0 Å². The molecule has 0 spiro atoms. The van der Waals surface area contributed by atoms with Gasteiger partial charge in [0, 0.05) is 27.2 Å². The Labute approximate surface area is 120 Å². The fourth-order valence-corrected chi connectivity index (χ4v) is 2.60. The zero-order chi connectivity index (χ0) is 13.8. The zero-order valence-corrected chi connectivity index (χ0v) is 12.7. The number of hydrogen-bond acceptors (Lipinski definition) is 5. The third kappa shape index (κ3) is 3.69. The average Bonchev–Trinajstić information content (AvgIpc) is 2.63. The van der Waals surface area contributed by atoms with E-state index in [1.807, 2.05) is 19.0 Å². The van der Waals surface area contributed by atoms with E-state index < -0.39 is 0 Å². The summed E-state index contributed by atoms with van der Waals surface area (Å²) < 4.78 is 0. The van der Waals surface area contributed by atoms with Gasteiger partial charge >= 0.3 is 0 Å². The summed E-state index contributed by atoms with van der Waals surface area (Å²) in [5, 5.41) is 0.269. The first-order valence-electron chi connectivity index (χ1n) is 6.94. The van der Waals surface area contributed by atoms with Crippen molar-refractivity contribution in [1.29, 1.82) is 0 Å². The number of hydrogen-bond donors (Lipinski definition) is 0. The van der Waals surface area contributed by atoms with Gasteiger partial charge in [0.2, 0.25) is 17.2 Å². The molecule has 0 amide bonds. The monoisotopic (exact) mass is 283 g/mol. The van der Waals surface area contributed by atoms with Crippen molar-refractivity contribution in [2.45, 2.75) is 32.6 Å². The van der Waals surface area contributed by atoms with E-state index in [1.165, 1.54) is 25.7 Å². The molecule has 106 valence electrons. The molecule has 1 aromatic heterocycles. The van der Waals surface area contributed by atoms with E-state index in [2.05, 4.69) is 26.8 Å². The van der Waals surface area contributed by atoms with E-state index in [0.29, 0.717) is 11.9 Å². The second kappa shape index (κ2) is 6.37. The zero-order valence-electron chi connectivity index (χ0n) is 11.9. The van der Waals surface area contributed by atoms with E-state index in [0.717, 1.165) is 19.0 Å². The van der Waals surface area contributed by atoms with Crippen molar-refractivity contribution < 1.29 is 0 Å². The van der Waals surface area contributed by atoms with Gasteiger partial charge in [-0.15, -0.1) is 0 Å². The Bertz CT molecular complexity index is 423. The predicted octanol–water partition coefficient (Wildman–Crippen LogP) is 2.61. The van der Waals surface area contributed by atoms with Crippen molar-refractivity contribution in [3.63, 3.8) is 0 Å². The number of nitrogens with zero attached hydrogens (tertiary/aromatic N) is 5. The lowest BCUT2D eigenvalue weighted by atomic mass is 9.98. The molecule has 1 fully saturated rings. The van der Waals surface area contributed by atoms with Gasteiger partial charge < -0.3 is 9.80 Å². The highest BCUT2D eigenvalue weighted by Gasteiger charge is 2.19. The van der Waals surface area contributed by atoms with Crippen LogP contribution < -0.4 is 9.80 Å².